The van der Waals surface area contributed by atoms with Crippen LogP contribution in [0.2, 0.25) is 0 Å². The summed E-state index contributed by atoms with van der Waals surface area (Å²) in [4.78, 5) is 3.56. The minimum absolute atomic E-state index is 0.0349. The first-order valence-corrected chi connectivity index (χ1v) is 13.0. The maximum Gasteiger partial charge on any atom is 0.450 e. The van der Waals surface area contributed by atoms with Gasteiger partial charge in [-0.05, 0) is 60.4 Å². The van der Waals surface area contributed by atoms with E-state index in [1.54, 1.807) is 18.2 Å². The molecule has 2 aliphatic rings. The van der Waals surface area contributed by atoms with Gasteiger partial charge in [0.2, 0.25) is 5.82 Å². The topological polar surface area (TPSA) is 48.3 Å². The van der Waals surface area contributed by atoms with Gasteiger partial charge in [-0.2, -0.15) is 13.2 Å². The standard InChI is InChI=1S/C31H28F3N3O2/c32-31(33,34)29-36-16-17-37(29)25-12-13-27(38-20-22-8-3-1-4-9-22)26(18-25)24-19-30(39-21-24)14-7-15-35-28(30)23-10-5-2-6-11-23/h1-6,8-13,16-19,28,35H,7,14-15,20-21H2/t28-,30?/m0/s1. The summed E-state index contributed by atoms with van der Waals surface area (Å²) in [5, 5.41) is 3.62. The molecule has 5 nitrogen and oxygen atoms in total. The van der Waals surface area contributed by atoms with Crippen molar-refractivity contribution in [2.75, 3.05) is 13.2 Å². The quantitative estimate of drug-likeness (QED) is 0.299. The zero-order chi connectivity index (χ0) is 26.9. The average Bonchev–Trinajstić information content (AvgIpc) is 3.62. The second kappa shape index (κ2) is 10.4. The van der Waals surface area contributed by atoms with Gasteiger partial charge in [-0.15, -0.1) is 0 Å². The van der Waals surface area contributed by atoms with Crippen molar-refractivity contribution in [3.05, 3.63) is 120 Å². The van der Waals surface area contributed by atoms with E-state index in [0.29, 0.717) is 30.2 Å². The highest BCUT2D eigenvalue weighted by molar-refractivity contribution is 5.75. The molecule has 0 aliphatic carbocycles. The Morgan fingerprint density at radius 1 is 1.03 bits per heavy atom. The van der Waals surface area contributed by atoms with E-state index >= 15 is 0 Å². The lowest BCUT2D eigenvalue weighted by atomic mass is 9.81. The number of halogens is 3. The molecule has 4 aromatic rings. The molecule has 3 heterocycles. The third-order valence-electron chi connectivity index (χ3n) is 7.35. The lowest BCUT2D eigenvalue weighted by Gasteiger charge is -2.40. The molecule has 6 rings (SSSR count). The average molecular weight is 532 g/mol. The van der Waals surface area contributed by atoms with Gasteiger partial charge in [0, 0.05) is 23.6 Å². The Bertz CT molecular complexity index is 1470. The van der Waals surface area contributed by atoms with Crippen LogP contribution in [0.3, 0.4) is 0 Å². The molecule has 1 saturated heterocycles. The molecular formula is C31H28F3N3O2. The molecule has 1 N–H and O–H groups in total. The second-order valence-corrected chi connectivity index (χ2v) is 9.89. The molecule has 0 amide bonds. The summed E-state index contributed by atoms with van der Waals surface area (Å²) in [7, 11) is 0. The number of hydrogen-bond acceptors (Lipinski definition) is 4. The van der Waals surface area contributed by atoms with E-state index in [-0.39, 0.29) is 6.04 Å². The van der Waals surface area contributed by atoms with Gasteiger partial charge in [0.15, 0.2) is 0 Å². The molecule has 1 fully saturated rings. The Morgan fingerprint density at radius 2 is 1.79 bits per heavy atom. The molecule has 2 atom stereocenters. The summed E-state index contributed by atoms with van der Waals surface area (Å²) in [6, 6.07) is 25.0. The molecule has 8 heteroatoms. The molecule has 0 saturated carbocycles. The maximum absolute atomic E-state index is 13.7. The fourth-order valence-electron chi connectivity index (χ4n) is 5.53. The molecule has 1 unspecified atom stereocenters. The highest BCUT2D eigenvalue weighted by atomic mass is 19.4. The van der Waals surface area contributed by atoms with Gasteiger partial charge in [0.05, 0.1) is 12.6 Å². The molecule has 1 aromatic heterocycles. The Labute approximate surface area is 224 Å². The van der Waals surface area contributed by atoms with Gasteiger partial charge in [-0.1, -0.05) is 60.7 Å². The van der Waals surface area contributed by atoms with Crippen molar-refractivity contribution in [2.24, 2.45) is 0 Å². The van der Waals surface area contributed by atoms with Gasteiger partial charge < -0.3 is 14.8 Å². The van der Waals surface area contributed by atoms with E-state index in [1.807, 2.05) is 48.5 Å². The smallest absolute Gasteiger partial charge is 0.450 e. The zero-order valence-corrected chi connectivity index (χ0v) is 21.2. The van der Waals surface area contributed by atoms with Gasteiger partial charge in [-0.3, -0.25) is 4.57 Å². The van der Waals surface area contributed by atoms with Crippen LogP contribution in [0.4, 0.5) is 13.2 Å². The molecule has 39 heavy (non-hydrogen) atoms. The fourth-order valence-corrected chi connectivity index (χ4v) is 5.53. The lowest BCUT2D eigenvalue weighted by Crippen LogP contribution is -2.47. The van der Waals surface area contributed by atoms with Crippen LogP contribution in [-0.4, -0.2) is 28.3 Å². The third-order valence-corrected chi connectivity index (χ3v) is 7.35. The van der Waals surface area contributed by atoms with E-state index in [2.05, 4.69) is 28.5 Å². The molecule has 200 valence electrons. The van der Waals surface area contributed by atoms with Crippen molar-refractivity contribution in [1.29, 1.82) is 0 Å². The SMILES string of the molecule is FC(F)(F)c1nccn1-c1ccc(OCc2ccccc2)c(C2=CC3(CCCN[C@H]3c3ccccc3)OC2)c1. The van der Waals surface area contributed by atoms with Crippen LogP contribution in [0.5, 0.6) is 5.75 Å². The molecule has 3 aromatic carbocycles. The van der Waals surface area contributed by atoms with Crippen LogP contribution in [-0.2, 0) is 17.5 Å². The van der Waals surface area contributed by atoms with Crippen molar-refractivity contribution in [1.82, 2.24) is 14.9 Å². The van der Waals surface area contributed by atoms with Crippen LogP contribution in [0, 0.1) is 0 Å². The van der Waals surface area contributed by atoms with Crippen LogP contribution in [0.15, 0.2) is 97.3 Å². The number of piperidine rings is 1. The Balaban J connectivity index is 1.41. The number of nitrogens with one attached hydrogen (secondary N) is 1. The van der Waals surface area contributed by atoms with E-state index < -0.39 is 17.6 Å². The van der Waals surface area contributed by atoms with Gasteiger partial charge in [0.1, 0.15) is 18.0 Å². The normalized spacial score (nSPS) is 21.2. The van der Waals surface area contributed by atoms with Gasteiger partial charge in [0.25, 0.3) is 0 Å². The fraction of sp³-hybridized carbons (Fsp3) is 0.258. The Morgan fingerprint density at radius 3 is 2.56 bits per heavy atom. The first-order valence-electron chi connectivity index (χ1n) is 13.0. The summed E-state index contributed by atoms with van der Waals surface area (Å²) in [5.74, 6) is -0.386. The van der Waals surface area contributed by atoms with Crippen molar-refractivity contribution in [3.8, 4) is 11.4 Å². The second-order valence-electron chi connectivity index (χ2n) is 9.89. The monoisotopic (exact) mass is 531 g/mol. The number of imidazole rings is 1. The highest BCUT2D eigenvalue weighted by Crippen LogP contribution is 2.45. The summed E-state index contributed by atoms with van der Waals surface area (Å²) < 4.78 is 54.8. The number of rotatable bonds is 6. The number of ether oxygens (including phenoxy) is 2. The number of hydrogen-bond donors (Lipinski definition) is 1. The van der Waals surface area contributed by atoms with Crippen molar-refractivity contribution >= 4 is 5.57 Å². The Kier molecular flexibility index (Phi) is 6.74. The molecule has 0 bridgehead atoms. The lowest BCUT2D eigenvalue weighted by molar-refractivity contribution is -0.145. The zero-order valence-electron chi connectivity index (χ0n) is 21.2. The van der Waals surface area contributed by atoms with E-state index in [1.165, 1.54) is 6.20 Å². The van der Waals surface area contributed by atoms with Crippen LogP contribution < -0.4 is 10.1 Å². The molecule has 2 aliphatic heterocycles. The van der Waals surface area contributed by atoms with E-state index in [9.17, 15) is 13.2 Å². The van der Waals surface area contributed by atoms with Crippen LogP contribution >= 0.6 is 0 Å². The molecule has 1 spiro atoms. The van der Waals surface area contributed by atoms with E-state index in [4.69, 9.17) is 9.47 Å². The summed E-state index contributed by atoms with van der Waals surface area (Å²) in [5.41, 5.74) is 3.52. The number of benzene rings is 3. The van der Waals surface area contributed by atoms with E-state index in [0.717, 1.165) is 46.9 Å². The molecular weight excluding hydrogens is 503 g/mol. The third kappa shape index (κ3) is 5.10. The predicted molar refractivity (Wildman–Crippen MR) is 142 cm³/mol. The van der Waals surface area contributed by atoms with Gasteiger partial charge in [-0.25, -0.2) is 4.98 Å². The van der Waals surface area contributed by atoms with Crippen molar-refractivity contribution in [3.63, 3.8) is 0 Å². The summed E-state index contributed by atoms with van der Waals surface area (Å²) >= 11 is 0. The largest absolute Gasteiger partial charge is 0.488 e. The number of aromatic nitrogens is 2. The minimum atomic E-state index is -4.58. The summed E-state index contributed by atoms with van der Waals surface area (Å²) in [6.45, 7) is 1.54. The predicted octanol–water partition coefficient (Wildman–Crippen LogP) is 6.75. The first-order chi connectivity index (χ1) is 18.9. The summed E-state index contributed by atoms with van der Waals surface area (Å²) in [6.07, 6.45) is 1.83. The highest BCUT2D eigenvalue weighted by Gasteiger charge is 2.45. The Hall–Kier alpha value is -3.88. The molecule has 0 radical (unpaired) electrons. The number of nitrogens with zero attached hydrogens (tertiary/aromatic N) is 2. The van der Waals surface area contributed by atoms with Crippen molar-refractivity contribution < 1.29 is 22.6 Å². The van der Waals surface area contributed by atoms with Gasteiger partial charge >= 0.3 is 6.18 Å². The maximum atomic E-state index is 13.7. The minimum Gasteiger partial charge on any atom is -0.488 e. The van der Waals surface area contributed by atoms with Crippen molar-refractivity contribution in [2.45, 2.75) is 37.3 Å². The van der Waals surface area contributed by atoms with Crippen LogP contribution in [0.25, 0.3) is 11.3 Å². The first kappa shape index (κ1) is 25.4. The number of alkyl halides is 3. The van der Waals surface area contributed by atoms with Crippen LogP contribution in [0.1, 0.15) is 41.4 Å².